The minimum atomic E-state index is 0.0511. The van der Waals surface area contributed by atoms with Gasteiger partial charge in [0, 0.05) is 50.2 Å². The molecule has 7 nitrogen and oxygen atoms in total. The van der Waals surface area contributed by atoms with Crippen molar-refractivity contribution in [3.63, 3.8) is 0 Å². The number of hydrogen-bond donors (Lipinski definition) is 3. The molecule has 8 heteroatoms. The van der Waals surface area contributed by atoms with Gasteiger partial charge < -0.3 is 16.0 Å². The van der Waals surface area contributed by atoms with Crippen LogP contribution in [0.3, 0.4) is 0 Å². The first-order chi connectivity index (χ1) is 18.1. The summed E-state index contributed by atoms with van der Waals surface area (Å²) in [6.45, 7) is 12.6. The first kappa shape index (κ1) is 27.7. The molecule has 3 rings (SSSR count). The van der Waals surface area contributed by atoms with E-state index in [0.717, 1.165) is 54.2 Å². The molecule has 0 aliphatic heterocycles. The summed E-state index contributed by atoms with van der Waals surface area (Å²) in [6, 6.07) is 18.0. The molecule has 37 heavy (non-hydrogen) atoms. The third kappa shape index (κ3) is 9.58. The van der Waals surface area contributed by atoms with Crippen LogP contribution in [0.4, 0.5) is 23.1 Å². The summed E-state index contributed by atoms with van der Waals surface area (Å²) >= 11 is 0. The van der Waals surface area contributed by atoms with Crippen LogP contribution in [0.1, 0.15) is 18.9 Å². The van der Waals surface area contributed by atoms with E-state index in [2.05, 4.69) is 53.2 Å². The SMILES string of the molecule is C=CCN(CC=C)CCNC(=O)CCc1ccc(Nc2ncc([B]CC)c(Nc3ccccc3)n2)cc1. The van der Waals surface area contributed by atoms with Crippen LogP contribution >= 0.6 is 0 Å². The molecular weight excluding hydrogens is 459 g/mol. The Morgan fingerprint density at radius 3 is 2.38 bits per heavy atom. The smallest absolute Gasteiger partial charge is 0.229 e. The molecule has 0 unspecified atom stereocenters. The Hall–Kier alpha value is -3.91. The van der Waals surface area contributed by atoms with Crippen molar-refractivity contribution >= 4 is 41.8 Å². The molecule has 3 aromatic rings. The van der Waals surface area contributed by atoms with Gasteiger partial charge in [-0.2, -0.15) is 4.98 Å². The van der Waals surface area contributed by atoms with Gasteiger partial charge in [0.15, 0.2) is 7.28 Å². The molecule has 0 spiro atoms. The fourth-order valence-electron chi connectivity index (χ4n) is 3.78. The number of carbonyl (C=O) groups is 1. The number of anilines is 4. The number of para-hydroxylation sites is 1. The summed E-state index contributed by atoms with van der Waals surface area (Å²) < 4.78 is 0. The molecule has 0 fully saturated rings. The number of aromatic nitrogens is 2. The lowest BCUT2D eigenvalue weighted by Gasteiger charge is -2.18. The van der Waals surface area contributed by atoms with Crippen molar-refractivity contribution in [2.75, 3.05) is 36.8 Å². The van der Waals surface area contributed by atoms with Crippen molar-refractivity contribution in [2.24, 2.45) is 0 Å². The fourth-order valence-corrected chi connectivity index (χ4v) is 3.78. The maximum atomic E-state index is 12.3. The average molecular weight is 495 g/mol. The van der Waals surface area contributed by atoms with Crippen molar-refractivity contribution in [3.8, 4) is 0 Å². The Labute approximate surface area is 221 Å². The number of nitrogens with zero attached hydrogens (tertiary/aromatic N) is 3. The zero-order chi connectivity index (χ0) is 26.3. The second kappa shape index (κ2) is 15.3. The lowest BCUT2D eigenvalue weighted by molar-refractivity contribution is -0.121. The highest BCUT2D eigenvalue weighted by atomic mass is 16.1. The lowest BCUT2D eigenvalue weighted by atomic mass is 9.68. The maximum absolute atomic E-state index is 12.3. The van der Waals surface area contributed by atoms with Gasteiger partial charge in [0.2, 0.25) is 11.9 Å². The van der Waals surface area contributed by atoms with E-state index in [4.69, 9.17) is 4.98 Å². The van der Waals surface area contributed by atoms with Crippen molar-refractivity contribution in [3.05, 3.63) is 91.7 Å². The lowest BCUT2D eigenvalue weighted by Crippen LogP contribution is -2.35. The van der Waals surface area contributed by atoms with E-state index < -0.39 is 0 Å². The van der Waals surface area contributed by atoms with Crippen LogP contribution < -0.4 is 21.4 Å². The fraction of sp³-hybridized carbons (Fsp3) is 0.276. The van der Waals surface area contributed by atoms with Gasteiger partial charge in [0.1, 0.15) is 5.82 Å². The van der Waals surface area contributed by atoms with Crippen LogP contribution in [0.15, 0.2) is 86.1 Å². The standard InChI is InChI=1S/C29H36BN6O/c1-4-19-36(20-5-2)21-18-31-27(37)17-14-23-12-15-25(16-13-23)34-29-32-22-26(30-6-3)28(35-29)33-24-10-8-7-9-11-24/h4-5,7-13,15-16,22H,1-2,6,14,17-21H2,3H3,(H,31,37)(H2,32,33,34,35). The molecule has 0 atom stereocenters. The van der Waals surface area contributed by atoms with Crippen molar-refractivity contribution in [2.45, 2.75) is 26.1 Å². The van der Waals surface area contributed by atoms with E-state index in [0.29, 0.717) is 25.3 Å². The molecule has 3 N–H and O–H groups in total. The molecule has 0 saturated carbocycles. The molecule has 1 aromatic heterocycles. The van der Waals surface area contributed by atoms with Crippen LogP contribution in [0.5, 0.6) is 0 Å². The summed E-state index contributed by atoms with van der Waals surface area (Å²) in [5.41, 5.74) is 3.91. The summed E-state index contributed by atoms with van der Waals surface area (Å²) in [5.74, 6) is 1.32. The number of rotatable bonds is 16. The number of aryl methyl sites for hydroxylation is 1. The van der Waals surface area contributed by atoms with Crippen LogP contribution in [-0.2, 0) is 11.2 Å². The summed E-state index contributed by atoms with van der Waals surface area (Å²) in [7, 11) is 2.10. The molecule has 1 radical (unpaired) electrons. The predicted octanol–water partition coefficient (Wildman–Crippen LogP) is 4.45. The first-order valence-corrected chi connectivity index (χ1v) is 12.7. The topological polar surface area (TPSA) is 82.2 Å². The van der Waals surface area contributed by atoms with Crippen molar-refractivity contribution in [1.82, 2.24) is 20.2 Å². The second-order valence-corrected chi connectivity index (χ2v) is 8.61. The summed E-state index contributed by atoms with van der Waals surface area (Å²) in [5, 5.41) is 9.65. The molecule has 0 aliphatic rings. The highest BCUT2D eigenvalue weighted by Gasteiger charge is 2.09. The Morgan fingerprint density at radius 1 is 1.00 bits per heavy atom. The van der Waals surface area contributed by atoms with E-state index in [1.807, 2.05) is 72.9 Å². The van der Waals surface area contributed by atoms with Gasteiger partial charge in [0.25, 0.3) is 0 Å². The molecule has 0 saturated heterocycles. The van der Waals surface area contributed by atoms with Crippen LogP contribution in [0, 0.1) is 0 Å². The minimum absolute atomic E-state index is 0.0511. The van der Waals surface area contributed by atoms with Crippen LogP contribution in [-0.4, -0.2) is 54.2 Å². The first-order valence-electron chi connectivity index (χ1n) is 12.7. The molecule has 1 heterocycles. The largest absolute Gasteiger partial charge is 0.355 e. The summed E-state index contributed by atoms with van der Waals surface area (Å²) in [6.07, 6.45) is 7.56. The quantitative estimate of drug-likeness (QED) is 0.201. The van der Waals surface area contributed by atoms with E-state index in [1.54, 1.807) is 0 Å². The number of carbonyl (C=O) groups excluding carboxylic acids is 1. The second-order valence-electron chi connectivity index (χ2n) is 8.61. The molecule has 2 aromatic carbocycles. The normalized spacial score (nSPS) is 10.5. The Morgan fingerprint density at radius 2 is 1.70 bits per heavy atom. The van der Waals surface area contributed by atoms with E-state index >= 15 is 0 Å². The van der Waals surface area contributed by atoms with Gasteiger partial charge in [-0.1, -0.05) is 55.7 Å². The number of benzene rings is 2. The molecule has 1 amide bonds. The number of amides is 1. The third-order valence-corrected chi connectivity index (χ3v) is 5.65. The van der Waals surface area contributed by atoms with Gasteiger partial charge in [0.05, 0.1) is 0 Å². The zero-order valence-corrected chi connectivity index (χ0v) is 21.6. The highest BCUT2D eigenvalue weighted by molar-refractivity contribution is 6.55. The van der Waals surface area contributed by atoms with E-state index in [-0.39, 0.29) is 5.91 Å². The van der Waals surface area contributed by atoms with E-state index in [1.165, 1.54) is 0 Å². The van der Waals surface area contributed by atoms with Gasteiger partial charge >= 0.3 is 0 Å². The monoisotopic (exact) mass is 495 g/mol. The molecule has 0 bridgehead atoms. The minimum Gasteiger partial charge on any atom is -0.355 e. The van der Waals surface area contributed by atoms with Crippen LogP contribution in [0.25, 0.3) is 0 Å². The van der Waals surface area contributed by atoms with Gasteiger partial charge in [-0.05, 0) is 41.7 Å². The zero-order valence-electron chi connectivity index (χ0n) is 21.6. The number of hydrogen-bond acceptors (Lipinski definition) is 6. The molecular formula is C29H36BN6O. The average Bonchev–Trinajstić information content (AvgIpc) is 2.91. The Kier molecular flexibility index (Phi) is 11.4. The Bertz CT molecular complexity index is 1130. The highest BCUT2D eigenvalue weighted by Crippen LogP contribution is 2.18. The van der Waals surface area contributed by atoms with Crippen molar-refractivity contribution < 1.29 is 4.79 Å². The molecule has 191 valence electrons. The van der Waals surface area contributed by atoms with Crippen LogP contribution in [0.2, 0.25) is 6.32 Å². The molecule has 0 aliphatic carbocycles. The van der Waals surface area contributed by atoms with Crippen molar-refractivity contribution in [1.29, 1.82) is 0 Å². The summed E-state index contributed by atoms with van der Waals surface area (Å²) in [4.78, 5) is 23.6. The van der Waals surface area contributed by atoms with E-state index in [9.17, 15) is 4.79 Å². The van der Waals surface area contributed by atoms with Gasteiger partial charge in [-0.25, -0.2) is 4.98 Å². The predicted molar refractivity (Wildman–Crippen MR) is 156 cm³/mol. The number of nitrogens with one attached hydrogen (secondary N) is 3. The van der Waals surface area contributed by atoms with Gasteiger partial charge in [-0.15, -0.1) is 13.2 Å². The Balaban J connectivity index is 1.51. The third-order valence-electron chi connectivity index (χ3n) is 5.65. The maximum Gasteiger partial charge on any atom is 0.229 e. The van der Waals surface area contributed by atoms with Gasteiger partial charge in [-0.3, -0.25) is 9.69 Å².